The molecule has 2 aromatic carbocycles. The Labute approximate surface area is 219 Å². The number of rotatable bonds is 5. The largest absolute Gasteiger partial charge is 0.350 e. The lowest BCUT2D eigenvalue weighted by atomic mass is 10.0. The summed E-state index contributed by atoms with van der Waals surface area (Å²) < 4.78 is 3.69. The van der Waals surface area contributed by atoms with E-state index in [1.165, 1.54) is 5.56 Å². The summed E-state index contributed by atoms with van der Waals surface area (Å²) in [7, 11) is 1.98. The van der Waals surface area contributed by atoms with Crippen LogP contribution in [-0.4, -0.2) is 42.4 Å². The fraction of sp³-hybridized carbons (Fsp3) is 0.267. The number of hydrogen-bond donors (Lipinski definition) is 1. The summed E-state index contributed by atoms with van der Waals surface area (Å²) in [6.45, 7) is 0.762. The zero-order chi connectivity index (χ0) is 25.8. The van der Waals surface area contributed by atoms with Crippen LogP contribution in [0.4, 0.5) is 5.95 Å². The first kappa shape index (κ1) is 22.7. The van der Waals surface area contributed by atoms with Crippen molar-refractivity contribution in [1.82, 2.24) is 24.1 Å². The van der Waals surface area contributed by atoms with Crippen LogP contribution in [0.15, 0.2) is 73.1 Å². The van der Waals surface area contributed by atoms with E-state index in [9.17, 15) is 9.59 Å². The first-order valence-corrected chi connectivity index (χ1v) is 13.2. The van der Waals surface area contributed by atoms with Crippen LogP contribution in [0.25, 0.3) is 27.7 Å². The van der Waals surface area contributed by atoms with Gasteiger partial charge in [-0.3, -0.25) is 14.9 Å². The van der Waals surface area contributed by atoms with Crippen LogP contribution in [0, 0.1) is 5.92 Å². The Hall–Kier alpha value is -4.46. The number of fused-ring (bicyclic) bond motifs is 2. The van der Waals surface area contributed by atoms with E-state index in [2.05, 4.69) is 45.7 Å². The summed E-state index contributed by atoms with van der Waals surface area (Å²) in [5.74, 6) is 0.475. The van der Waals surface area contributed by atoms with Crippen molar-refractivity contribution in [2.24, 2.45) is 13.0 Å². The molecule has 5 aromatic rings. The summed E-state index contributed by atoms with van der Waals surface area (Å²) in [5, 5.41) is 8.14. The zero-order valence-electron chi connectivity index (χ0n) is 21.2. The van der Waals surface area contributed by atoms with E-state index < -0.39 is 0 Å². The van der Waals surface area contributed by atoms with Crippen LogP contribution in [-0.2, 0) is 11.8 Å². The van der Waals surface area contributed by atoms with E-state index in [0.717, 1.165) is 59.8 Å². The molecule has 2 fully saturated rings. The Morgan fingerprint density at radius 2 is 1.79 bits per heavy atom. The van der Waals surface area contributed by atoms with Crippen LogP contribution in [0.3, 0.4) is 0 Å². The molecule has 1 aliphatic heterocycles. The van der Waals surface area contributed by atoms with Gasteiger partial charge in [-0.05, 0) is 66.6 Å². The smallest absolute Gasteiger partial charge is 0.256 e. The quantitative estimate of drug-likeness (QED) is 0.356. The minimum absolute atomic E-state index is 0.0136. The number of aromatic nitrogens is 4. The maximum absolute atomic E-state index is 13.9. The summed E-state index contributed by atoms with van der Waals surface area (Å²) in [6, 6.07) is 20.6. The molecule has 4 heterocycles. The molecule has 8 nitrogen and oxygen atoms in total. The first-order chi connectivity index (χ1) is 18.5. The van der Waals surface area contributed by atoms with Gasteiger partial charge >= 0.3 is 0 Å². The van der Waals surface area contributed by atoms with Gasteiger partial charge in [-0.15, -0.1) is 5.10 Å². The van der Waals surface area contributed by atoms with Crippen LogP contribution in [0.2, 0.25) is 0 Å². The number of amides is 2. The Morgan fingerprint density at radius 3 is 2.61 bits per heavy atom. The fourth-order valence-electron chi connectivity index (χ4n) is 5.60. The van der Waals surface area contributed by atoms with Gasteiger partial charge in [-0.1, -0.05) is 36.4 Å². The predicted molar refractivity (Wildman–Crippen MR) is 146 cm³/mol. The number of aryl methyl sites for hydroxylation is 1. The van der Waals surface area contributed by atoms with Crippen molar-refractivity contribution in [3.05, 3.63) is 84.2 Å². The van der Waals surface area contributed by atoms with Crippen molar-refractivity contribution in [1.29, 1.82) is 0 Å². The second-order valence-electron chi connectivity index (χ2n) is 10.4. The van der Waals surface area contributed by atoms with Gasteiger partial charge in [-0.2, -0.15) is 4.98 Å². The highest BCUT2D eigenvalue weighted by Gasteiger charge is 2.32. The van der Waals surface area contributed by atoms with Gasteiger partial charge in [0.2, 0.25) is 11.9 Å². The highest BCUT2D eigenvalue weighted by Crippen LogP contribution is 2.36. The van der Waals surface area contributed by atoms with Crippen LogP contribution < -0.4 is 5.32 Å². The molecule has 2 amide bonds. The van der Waals surface area contributed by atoms with Crippen molar-refractivity contribution in [2.75, 3.05) is 11.9 Å². The molecule has 0 unspecified atom stereocenters. The van der Waals surface area contributed by atoms with Gasteiger partial charge < -0.3 is 9.47 Å². The summed E-state index contributed by atoms with van der Waals surface area (Å²) in [4.78, 5) is 32.5. The molecule has 1 aliphatic carbocycles. The van der Waals surface area contributed by atoms with E-state index >= 15 is 0 Å². The van der Waals surface area contributed by atoms with Crippen molar-refractivity contribution in [3.8, 4) is 11.1 Å². The molecule has 190 valence electrons. The standard InChI is InChI=1S/C30H28N6O2/c1-34-18-24(29(38)35-14-5-8-25(35)19-6-3-2-4-7-19)23-16-21(11-12-26(23)34)22-13-15-36-27(17-22)31-30(33-36)32-28(37)20-9-10-20/h2-4,6-7,11-13,15-18,20,25H,5,8-10,14H2,1H3,(H,32,33,37)/t25-/m0/s1. The van der Waals surface area contributed by atoms with E-state index in [-0.39, 0.29) is 23.8 Å². The zero-order valence-corrected chi connectivity index (χ0v) is 21.2. The number of nitrogens with zero attached hydrogens (tertiary/aromatic N) is 5. The number of hydrogen-bond acceptors (Lipinski definition) is 4. The second kappa shape index (κ2) is 8.83. The van der Waals surface area contributed by atoms with Gasteiger partial charge in [-0.25, -0.2) is 4.52 Å². The molecule has 2 aliphatic rings. The van der Waals surface area contributed by atoms with Crippen LogP contribution in [0.5, 0.6) is 0 Å². The minimum atomic E-state index is -0.0136. The predicted octanol–water partition coefficient (Wildman–Crippen LogP) is 5.21. The molecule has 38 heavy (non-hydrogen) atoms. The van der Waals surface area contributed by atoms with Crippen molar-refractivity contribution in [3.63, 3.8) is 0 Å². The fourth-order valence-corrected chi connectivity index (χ4v) is 5.60. The maximum Gasteiger partial charge on any atom is 0.256 e. The van der Waals surface area contributed by atoms with Crippen LogP contribution >= 0.6 is 0 Å². The SMILES string of the molecule is Cn1cc(C(=O)N2CCC[C@H]2c2ccccc2)c2cc(-c3ccn4nc(NC(=O)C5CC5)nc4c3)ccc21. The van der Waals surface area contributed by atoms with Crippen molar-refractivity contribution < 1.29 is 9.59 Å². The van der Waals surface area contributed by atoms with E-state index in [1.807, 2.05) is 59.2 Å². The van der Waals surface area contributed by atoms with E-state index in [0.29, 0.717) is 11.6 Å². The second-order valence-corrected chi connectivity index (χ2v) is 10.4. The number of carbonyl (C=O) groups excluding carboxylic acids is 2. The van der Waals surface area contributed by atoms with E-state index in [1.54, 1.807) is 4.52 Å². The average molecular weight is 505 g/mol. The number of pyridine rings is 1. The molecule has 0 bridgehead atoms. The summed E-state index contributed by atoms with van der Waals surface area (Å²) in [6.07, 6.45) is 7.64. The third-order valence-electron chi connectivity index (χ3n) is 7.77. The third kappa shape index (κ3) is 3.93. The molecule has 1 atom stereocenters. The lowest BCUT2D eigenvalue weighted by Gasteiger charge is -2.25. The lowest BCUT2D eigenvalue weighted by molar-refractivity contribution is -0.117. The van der Waals surface area contributed by atoms with Gasteiger partial charge in [0.05, 0.1) is 11.6 Å². The normalized spacial score (nSPS) is 17.4. The van der Waals surface area contributed by atoms with Crippen molar-refractivity contribution in [2.45, 2.75) is 31.7 Å². The lowest BCUT2D eigenvalue weighted by Crippen LogP contribution is -2.30. The Morgan fingerprint density at radius 1 is 0.974 bits per heavy atom. The van der Waals surface area contributed by atoms with Gasteiger partial charge in [0.15, 0.2) is 5.65 Å². The number of anilines is 1. The number of likely N-dealkylation sites (tertiary alicyclic amines) is 1. The molecule has 0 radical (unpaired) electrons. The van der Waals surface area contributed by atoms with Gasteiger partial charge in [0.1, 0.15) is 0 Å². The highest BCUT2D eigenvalue weighted by atomic mass is 16.2. The molecule has 1 saturated heterocycles. The Bertz CT molecular complexity index is 1700. The molecule has 1 saturated carbocycles. The first-order valence-electron chi connectivity index (χ1n) is 13.2. The highest BCUT2D eigenvalue weighted by molar-refractivity contribution is 6.08. The topological polar surface area (TPSA) is 84.5 Å². The molecule has 7 rings (SSSR count). The molecule has 3 aromatic heterocycles. The molecule has 8 heteroatoms. The number of benzene rings is 2. The minimum Gasteiger partial charge on any atom is -0.350 e. The molecular weight excluding hydrogens is 476 g/mol. The molecule has 0 spiro atoms. The van der Waals surface area contributed by atoms with Gasteiger partial charge in [0, 0.05) is 42.8 Å². The summed E-state index contributed by atoms with van der Waals surface area (Å²) in [5.41, 5.74) is 5.54. The average Bonchev–Trinajstić information content (AvgIpc) is 3.40. The monoisotopic (exact) mass is 504 g/mol. The van der Waals surface area contributed by atoms with Crippen molar-refractivity contribution >= 4 is 34.3 Å². The molecule has 1 N–H and O–H groups in total. The van der Waals surface area contributed by atoms with Crippen LogP contribution in [0.1, 0.15) is 47.6 Å². The summed E-state index contributed by atoms with van der Waals surface area (Å²) >= 11 is 0. The Balaban J connectivity index is 1.22. The van der Waals surface area contributed by atoms with Gasteiger partial charge in [0.25, 0.3) is 5.91 Å². The maximum atomic E-state index is 13.9. The number of nitrogens with one attached hydrogen (secondary N) is 1. The van der Waals surface area contributed by atoms with E-state index in [4.69, 9.17) is 0 Å². The number of carbonyl (C=O) groups is 2. The molecular formula is C30H28N6O2. The Kier molecular flexibility index (Phi) is 5.28. The third-order valence-corrected chi connectivity index (χ3v) is 7.77.